The summed E-state index contributed by atoms with van der Waals surface area (Å²) < 4.78 is 13.2. The summed E-state index contributed by atoms with van der Waals surface area (Å²) in [5.41, 5.74) is 0.635. The number of hydrogen-bond acceptors (Lipinski definition) is 2. The molecule has 0 spiro atoms. The summed E-state index contributed by atoms with van der Waals surface area (Å²) in [6.07, 6.45) is 2.10. The molecule has 1 aromatic rings. The van der Waals surface area contributed by atoms with E-state index in [0.29, 0.717) is 18.2 Å². The summed E-state index contributed by atoms with van der Waals surface area (Å²) in [4.78, 5) is 13.2. The molecule has 0 aromatic heterocycles. The first kappa shape index (κ1) is 15.5. The van der Waals surface area contributed by atoms with E-state index in [1.165, 1.54) is 6.07 Å². The van der Waals surface area contributed by atoms with Crippen molar-refractivity contribution >= 4 is 11.7 Å². The molecular weight excluding hydrogens is 245 g/mol. The Kier molecular flexibility index (Phi) is 5.80. The van der Waals surface area contributed by atoms with Gasteiger partial charge in [-0.15, -0.1) is 0 Å². The fourth-order valence-corrected chi connectivity index (χ4v) is 2.21. The molecule has 0 amide bonds. The highest BCUT2D eigenvalue weighted by atomic mass is 19.1. The number of carbonyl (C=O) groups is 1. The van der Waals surface area contributed by atoms with E-state index in [1.807, 2.05) is 11.8 Å². The molecule has 0 aliphatic carbocycles. The Bertz CT molecular complexity index is 430. The van der Waals surface area contributed by atoms with Gasteiger partial charge in [0.15, 0.2) is 0 Å². The molecule has 1 N–H and O–H groups in total. The van der Waals surface area contributed by atoms with Gasteiger partial charge in [0, 0.05) is 13.1 Å². The van der Waals surface area contributed by atoms with Crippen LogP contribution in [0.15, 0.2) is 18.2 Å². The van der Waals surface area contributed by atoms with Crippen LogP contribution in [0.25, 0.3) is 0 Å². The minimum Gasteiger partial charge on any atom is -0.478 e. The van der Waals surface area contributed by atoms with Crippen molar-refractivity contribution in [3.8, 4) is 0 Å². The van der Waals surface area contributed by atoms with Gasteiger partial charge in [-0.2, -0.15) is 0 Å². The van der Waals surface area contributed by atoms with Gasteiger partial charge in [-0.25, -0.2) is 9.18 Å². The maximum absolute atomic E-state index is 13.2. The monoisotopic (exact) mass is 267 g/mol. The lowest BCUT2D eigenvalue weighted by Gasteiger charge is -2.28. The van der Waals surface area contributed by atoms with Gasteiger partial charge in [0.2, 0.25) is 0 Å². The highest BCUT2D eigenvalue weighted by molar-refractivity contribution is 5.94. The van der Waals surface area contributed by atoms with Gasteiger partial charge in [0.1, 0.15) is 5.82 Å². The number of rotatable bonds is 7. The molecule has 3 nitrogen and oxygen atoms in total. The number of hydrogen-bond donors (Lipinski definition) is 1. The Morgan fingerprint density at radius 2 is 1.95 bits per heavy atom. The van der Waals surface area contributed by atoms with Crippen LogP contribution < -0.4 is 4.90 Å². The Balaban J connectivity index is 3.07. The summed E-state index contributed by atoms with van der Waals surface area (Å²) in [5.74, 6) is -1.08. The lowest BCUT2D eigenvalue weighted by Crippen LogP contribution is -2.30. The molecule has 1 aromatic carbocycles. The smallest absolute Gasteiger partial charge is 0.337 e. The molecule has 1 rings (SSSR count). The van der Waals surface area contributed by atoms with Crippen LogP contribution >= 0.6 is 0 Å². The van der Waals surface area contributed by atoms with Crippen LogP contribution in [0.2, 0.25) is 0 Å². The van der Waals surface area contributed by atoms with E-state index >= 15 is 0 Å². The predicted molar refractivity (Wildman–Crippen MR) is 75.3 cm³/mol. The van der Waals surface area contributed by atoms with E-state index in [-0.39, 0.29) is 5.56 Å². The van der Waals surface area contributed by atoms with Crippen LogP contribution in [0, 0.1) is 11.7 Å². The first-order valence-electron chi connectivity index (χ1n) is 6.81. The third-order valence-electron chi connectivity index (χ3n) is 3.54. The normalized spacial score (nSPS) is 10.8. The van der Waals surface area contributed by atoms with Crippen LogP contribution in [0.5, 0.6) is 0 Å². The van der Waals surface area contributed by atoms with Gasteiger partial charge in [0.05, 0.1) is 11.3 Å². The van der Waals surface area contributed by atoms with Gasteiger partial charge in [-0.05, 0) is 31.0 Å². The van der Waals surface area contributed by atoms with Crippen molar-refractivity contribution in [1.29, 1.82) is 0 Å². The Labute approximate surface area is 114 Å². The van der Waals surface area contributed by atoms with E-state index in [1.54, 1.807) is 6.07 Å². The second-order valence-corrected chi connectivity index (χ2v) is 4.69. The van der Waals surface area contributed by atoms with Crippen LogP contribution in [-0.4, -0.2) is 24.2 Å². The Morgan fingerprint density at radius 3 is 2.42 bits per heavy atom. The number of carboxylic acid groups (broad SMARTS) is 1. The second kappa shape index (κ2) is 7.12. The van der Waals surface area contributed by atoms with Gasteiger partial charge in [0.25, 0.3) is 0 Å². The first-order chi connectivity index (χ1) is 9.03. The first-order valence-corrected chi connectivity index (χ1v) is 6.81. The van der Waals surface area contributed by atoms with Crippen LogP contribution in [-0.2, 0) is 0 Å². The second-order valence-electron chi connectivity index (χ2n) is 4.69. The largest absolute Gasteiger partial charge is 0.478 e. The van der Waals surface area contributed by atoms with E-state index in [9.17, 15) is 14.3 Å². The molecule has 0 unspecified atom stereocenters. The van der Waals surface area contributed by atoms with Crippen molar-refractivity contribution in [2.75, 3.05) is 18.0 Å². The number of anilines is 1. The number of aromatic carboxylic acids is 1. The van der Waals surface area contributed by atoms with Crippen molar-refractivity contribution in [1.82, 2.24) is 0 Å². The molecular formula is C15H22FNO2. The highest BCUT2D eigenvalue weighted by Gasteiger charge is 2.18. The average molecular weight is 267 g/mol. The standard InChI is InChI=1S/C15H22FNO2/c1-4-11(5-2)10-17(6-3)14-8-7-12(16)9-13(14)15(18)19/h7-9,11H,4-6,10H2,1-3H3,(H,18,19). The maximum atomic E-state index is 13.2. The third-order valence-corrected chi connectivity index (χ3v) is 3.54. The molecule has 0 saturated heterocycles. The fourth-order valence-electron chi connectivity index (χ4n) is 2.21. The molecule has 19 heavy (non-hydrogen) atoms. The summed E-state index contributed by atoms with van der Waals surface area (Å²) in [7, 11) is 0. The maximum Gasteiger partial charge on any atom is 0.337 e. The van der Waals surface area contributed by atoms with Crippen molar-refractivity contribution in [2.24, 2.45) is 5.92 Å². The molecule has 0 radical (unpaired) electrons. The zero-order valence-electron chi connectivity index (χ0n) is 11.8. The number of carboxylic acids is 1. The zero-order valence-corrected chi connectivity index (χ0v) is 11.8. The lowest BCUT2D eigenvalue weighted by atomic mass is 10.0. The van der Waals surface area contributed by atoms with Crippen molar-refractivity contribution in [3.63, 3.8) is 0 Å². The number of benzene rings is 1. The van der Waals surface area contributed by atoms with E-state index in [0.717, 1.165) is 25.5 Å². The van der Waals surface area contributed by atoms with Gasteiger partial charge in [-0.1, -0.05) is 26.7 Å². The Morgan fingerprint density at radius 1 is 1.32 bits per heavy atom. The summed E-state index contributed by atoms with van der Waals surface area (Å²) in [6, 6.07) is 3.97. The molecule has 0 heterocycles. The average Bonchev–Trinajstić information content (AvgIpc) is 2.40. The van der Waals surface area contributed by atoms with Crippen LogP contribution in [0.4, 0.5) is 10.1 Å². The topological polar surface area (TPSA) is 40.5 Å². The van der Waals surface area contributed by atoms with Gasteiger partial charge >= 0.3 is 5.97 Å². The Hall–Kier alpha value is -1.58. The SMILES string of the molecule is CCC(CC)CN(CC)c1ccc(F)cc1C(=O)O. The van der Waals surface area contributed by atoms with Crippen molar-refractivity contribution < 1.29 is 14.3 Å². The van der Waals surface area contributed by atoms with E-state index in [2.05, 4.69) is 13.8 Å². The van der Waals surface area contributed by atoms with Gasteiger partial charge < -0.3 is 10.0 Å². The molecule has 106 valence electrons. The molecule has 0 aliphatic heterocycles. The quantitative estimate of drug-likeness (QED) is 0.817. The minimum atomic E-state index is -1.09. The van der Waals surface area contributed by atoms with Crippen LogP contribution in [0.1, 0.15) is 44.0 Å². The van der Waals surface area contributed by atoms with Crippen molar-refractivity contribution in [3.05, 3.63) is 29.6 Å². The molecule has 0 atom stereocenters. The molecule has 4 heteroatoms. The number of halogens is 1. The summed E-state index contributed by atoms with van der Waals surface area (Å²) in [5, 5.41) is 9.19. The minimum absolute atomic E-state index is 0.0350. The van der Waals surface area contributed by atoms with Crippen molar-refractivity contribution in [2.45, 2.75) is 33.6 Å². The molecule has 0 aliphatic rings. The predicted octanol–water partition coefficient (Wildman–Crippen LogP) is 3.79. The summed E-state index contributed by atoms with van der Waals surface area (Å²) in [6.45, 7) is 7.75. The third kappa shape index (κ3) is 3.94. The molecule has 0 bridgehead atoms. The molecule has 0 fully saturated rings. The van der Waals surface area contributed by atoms with Gasteiger partial charge in [-0.3, -0.25) is 0 Å². The van der Waals surface area contributed by atoms with Crippen LogP contribution in [0.3, 0.4) is 0 Å². The number of nitrogens with zero attached hydrogens (tertiary/aromatic N) is 1. The molecule has 0 saturated carbocycles. The zero-order chi connectivity index (χ0) is 14.4. The van der Waals surface area contributed by atoms with E-state index < -0.39 is 11.8 Å². The highest BCUT2D eigenvalue weighted by Crippen LogP contribution is 2.24. The van der Waals surface area contributed by atoms with E-state index in [4.69, 9.17) is 0 Å². The lowest BCUT2D eigenvalue weighted by molar-refractivity contribution is 0.0697. The fraction of sp³-hybridized carbons (Fsp3) is 0.533. The summed E-state index contributed by atoms with van der Waals surface area (Å²) >= 11 is 0.